The Kier molecular flexibility index (Phi) is 12.1. The molecule has 5 amide bonds. The third-order valence-electron chi connectivity index (χ3n) is 6.04. The number of carbonyl (C=O) groups is 5. The Labute approximate surface area is 227 Å². The van der Waals surface area contributed by atoms with Crippen molar-refractivity contribution < 1.29 is 29.1 Å². The molecule has 3 atom stereocenters. The van der Waals surface area contributed by atoms with Gasteiger partial charge in [-0.25, -0.2) is 0 Å². The molecule has 8 N–H and O–H groups in total. The van der Waals surface area contributed by atoms with Crippen LogP contribution >= 0.6 is 0 Å². The second-order valence-electron chi connectivity index (χ2n) is 9.04. The fraction of sp³-hybridized carbons (Fsp3) is 0.370. The van der Waals surface area contributed by atoms with Crippen LogP contribution in [0.25, 0.3) is 0 Å². The van der Waals surface area contributed by atoms with E-state index in [4.69, 9.17) is 16.6 Å². The fourth-order valence-electron chi connectivity index (χ4n) is 3.69. The van der Waals surface area contributed by atoms with Gasteiger partial charge in [-0.15, -0.1) is 0 Å². The van der Waals surface area contributed by atoms with Gasteiger partial charge >= 0.3 is 0 Å². The SMILES string of the molecule is C[C@H](NC(=O)[C@@H](N)Cc1ccc(C(N)=O)cc1)C(=O)NCC(=O)N(C)[C@@H](Cc1ccccc1)C(=O)NCCO. The van der Waals surface area contributed by atoms with E-state index >= 15 is 0 Å². The van der Waals surface area contributed by atoms with Crippen LogP contribution in [0.5, 0.6) is 0 Å². The van der Waals surface area contributed by atoms with Gasteiger partial charge in [-0.2, -0.15) is 0 Å². The van der Waals surface area contributed by atoms with Crippen LogP contribution in [-0.4, -0.2) is 84.4 Å². The summed E-state index contributed by atoms with van der Waals surface area (Å²) >= 11 is 0. The van der Waals surface area contributed by atoms with E-state index in [9.17, 15) is 24.0 Å². The Morgan fingerprint density at radius 2 is 1.49 bits per heavy atom. The average molecular weight is 541 g/mol. The van der Waals surface area contributed by atoms with Crippen molar-refractivity contribution in [3.8, 4) is 0 Å². The first-order valence-corrected chi connectivity index (χ1v) is 12.4. The lowest BCUT2D eigenvalue weighted by atomic mass is 10.0. The smallest absolute Gasteiger partial charge is 0.248 e. The zero-order valence-electron chi connectivity index (χ0n) is 22.1. The van der Waals surface area contributed by atoms with Crippen LogP contribution in [0.4, 0.5) is 0 Å². The summed E-state index contributed by atoms with van der Waals surface area (Å²) in [5.41, 5.74) is 13.1. The highest BCUT2D eigenvalue weighted by Gasteiger charge is 2.28. The van der Waals surface area contributed by atoms with E-state index in [1.54, 1.807) is 12.1 Å². The van der Waals surface area contributed by atoms with Gasteiger partial charge in [-0.1, -0.05) is 42.5 Å². The van der Waals surface area contributed by atoms with Gasteiger partial charge in [-0.05, 0) is 36.6 Å². The third kappa shape index (κ3) is 9.83. The quantitative estimate of drug-likeness (QED) is 0.167. The molecule has 210 valence electrons. The second kappa shape index (κ2) is 15.2. The number of primary amides is 1. The molecule has 12 heteroatoms. The van der Waals surface area contributed by atoms with Gasteiger partial charge < -0.3 is 37.4 Å². The molecule has 0 radical (unpaired) electrons. The van der Waals surface area contributed by atoms with Crippen LogP contribution < -0.4 is 27.4 Å². The molecule has 0 bridgehead atoms. The molecule has 0 saturated heterocycles. The molecule has 0 aliphatic carbocycles. The summed E-state index contributed by atoms with van der Waals surface area (Å²) < 4.78 is 0. The van der Waals surface area contributed by atoms with Crippen molar-refractivity contribution in [2.75, 3.05) is 26.7 Å². The minimum atomic E-state index is -0.980. The molecular formula is C27H36N6O6. The number of hydrogen-bond donors (Lipinski definition) is 6. The van der Waals surface area contributed by atoms with Crippen molar-refractivity contribution in [3.05, 3.63) is 71.3 Å². The lowest BCUT2D eigenvalue weighted by Gasteiger charge is -2.28. The molecule has 0 heterocycles. The van der Waals surface area contributed by atoms with E-state index in [2.05, 4.69) is 16.0 Å². The number of aliphatic hydroxyl groups excluding tert-OH is 1. The normalized spacial score (nSPS) is 12.9. The standard InChI is InChI=1S/C27H36N6O6/c1-17(32-26(38)21(28)14-19-8-10-20(11-9-19)24(29)36)25(37)31-16-23(35)33(2)22(27(39)30-12-13-34)15-18-6-4-3-5-7-18/h3-11,17,21-22,34H,12-16,28H2,1-2H3,(H2,29,36)(H,30,39)(H,31,37)(H,32,38)/t17-,21-,22-/m0/s1. The number of amides is 5. The monoisotopic (exact) mass is 540 g/mol. The molecule has 0 aliphatic rings. The maximum atomic E-state index is 12.8. The van der Waals surface area contributed by atoms with E-state index in [1.807, 2.05) is 30.3 Å². The maximum Gasteiger partial charge on any atom is 0.248 e. The average Bonchev–Trinajstić information content (AvgIpc) is 2.93. The molecule has 0 saturated carbocycles. The number of nitrogens with two attached hydrogens (primary N) is 2. The summed E-state index contributed by atoms with van der Waals surface area (Å²) in [5.74, 6) is -2.69. The fourth-order valence-corrected chi connectivity index (χ4v) is 3.69. The number of benzene rings is 2. The molecule has 2 aromatic carbocycles. The largest absolute Gasteiger partial charge is 0.395 e. The van der Waals surface area contributed by atoms with E-state index in [0.717, 1.165) is 5.56 Å². The van der Waals surface area contributed by atoms with E-state index in [-0.39, 0.29) is 26.0 Å². The minimum Gasteiger partial charge on any atom is -0.395 e. The summed E-state index contributed by atoms with van der Waals surface area (Å²) in [5, 5.41) is 16.6. The van der Waals surface area contributed by atoms with Crippen molar-refractivity contribution >= 4 is 29.5 Å². The van der Waals surface area contributed by atoms with Gasteiger partial charge in [0.1, 0.15) is 12.1 Å². The highest BCUT2D eigenvalue weighted by Crippen LogP contribution is 2.09. The second-order valence-corrected chi connectivity index (χ2v) is 9.04. The highest BCUT2D eigenvalue weighted by molar-refractivity contribution is 5.94. The molecule has 2 aromatic rings. The van der Waals surface area contributed by atoms with Gasteiger partial charge in [0, 0.05) is 25.6 Å². The van der Waals surface area contributed by atoms with Crippen LogP contribution in [0, 0.1) is 0 Å². The van der Waals surface area contributed by atoms with Gasteiger partial charge in [0.05, 0.1) is 19.2 Å². The van der Waals surface area contributed by atoms with Crippen LogP contribution in [0.1, 0.15) is 28.4 Å². The van der Waals surface area contributed by atoms with Gasteiger partial charge in [0.2, 0.25) is 29.5 Å². The first-order valence-electron chi connectivity index (χ1n) is 12.4. The van der Waals surface area contributed by atoms with Crippen molar-refractivity contribution in [1.82, 2.24) is 20.9 Å². The first kappa shape index (κ1) is 30.9. The Morgan fingerprint density at radius 3 is 2.08 bits per heavy atom. The van der Waals surface area contributed by atoms with Crippen molar-refractivity contribution in [1.29, 1.82) is 0 Å². The van der Waals surface area contributed by atoms with E-state index < -0.39 is 54.2 Å². The van der Waals surface area contributed by atoms with Crippen LogP contribution in [0.3, 0.4) is 0 Å². The molecule has 0 aliphatic heterocycles. The number of rotatable bonds is 14. The van der Waals surface area contributed by atoms with Crippen molar-refractivity contribution in [3.63, 3.8) is 0 Å². The molecule has 39 heavy (non-hydrogen) atoms. The van der Waals surface area contributed by atoms with Crippen LogP contribution in [-0.2, 0) is 32.0 Å². The third-order valence-corrected chi connectivity index (χ3v) is 6.04. The number of nitrogens with zero attached hydrogens (tertiary/aromatic N) is 1. The van der Waals surface area contributed by atoms with E-state index in [1.165, 1.54) is 31.0 Å². The van der Waals surface area contributed by atoms with Gasteiger partial charge in [-0.3, -0.25) is 24.0 Å². The van der Waals surface area contributed by atoms with Gasteiger partial charge in [0.15, 0.2) is 0 Å². The molecule has 0 unspecified atom stereocenters. The summed E-state index contributed by atoms with van der Waals surface area (Å²) in [6.07, 6.45) is 0.410. The zero-order chi connectivity index (χ0) is 28.9. The Bertz CT molecular complexity index is 1140. The van der Waals surface area contributed by atoms with E-state index in [0.29, 0.717) is 11.1 Å². The molecular weight excluding hydrogens is 504 g/mol. The summed E-state index contributed by atoms with van der Waals surface area (Å²) in [6, 6.07) is 12.7. The Hall–Kier alpha value is -4.29. The molecule has 12 nitrogen and oxygen atoms in total. The Morgan fingerprint density at radius 1 is 0.872 bits per heavy atom. The highest BCUT2D eigenvalue weighted by atomic mass is 16.3. The topological polar surface area (TPSA) is 197 Å². The maximum absolute atomic E-state index is 12.8. The lowest BCUT2D eigenvalue weighted by Crippen LogP contribution is -2.54. The summed E-state index contributed by atoms with van der Waals surface area (Å²) in [4.78, 5) is 62.9. The molecule has 0 aromatic heterocycles. The zero-order valence-corrected chi connectivity index (χ0v) is 22.1. The van der Waals surface area contributed by atoms with Crippen molar-refractivity contribution in [2.45, 2.75) is 37.9 Å². The van der Waals surface area contributed by atoms with Gasteiger partial charge in [0.25, 0.3) is 0 Å². The molecule has 0 spiro atoms. The van der Waals surface area contributed by atoms with Crippen molar-refractivity contribution in [2.24, 2.45) is 11.5 Å². The minimum absolute atomic E-state index is 0.0426. The molecule has 0 fully saturated rings. The Balaban J connectivity index is 1.90. The first-order chi connectivity index (χ1) is 18.5. The summed E-state index contributed by atoms with van der Waals surface area (Å²) in [6.45, 7) is 0.857. The number of nitrogens with one attached hydrogen (secondary N) is 3. The molecule has 2 rings (SSSR count). The van der Waals surface area contributed by atoms with Crippen LogP contribution in [0.2, 0.25) is 0 Å². The number of hydrogen-bond acceptors (Lipinski definition) is 7. The lowest BCUT2D eigenvalue weighted by molar-refractivity contribution is -0.139. The predicted molar refractivity (Wildman–Crippen MR) is 144 cm³/mol. The number of carbonyl (C=O) groups excluding carboxylic acids is 5. The number of likely N-dealkylation sites (N-methyl/N-ethyl adjacent to an activating group) is 1. The summed E-state index contributed by atoms with van der Waals surface area (Å²) in [7, 11) is 1.46. The van der Waals surface area contributed by atoms with Crippen LogP contribution in [0.15, 0.2) is 54.6 Å². The number of aliphatic hydroxyl groups is 1. The predicted octanol–water partition coefficient (Wildman–Crippen LogP) is -1.55.